The van der Waals surface area contributed by atoms with E-state index in [1.165, 1.54) is 17.4 Å². The molecule has 0 bridgehead atoms. The number of carbonyl (C=O) groups is 1. The molecule has 0 fully saturated rings. The van der Waals surface area contributed by atoms with Crippen LogP contribution in [0.5, 0.6) is 0 Å². The Balaban J connectivity index is 1.86. The average molecular weight is 339 g/mol. The van der Waals surface area contributed by atoms with Gasteiger partial charge in [0.25, 0.3) is 0 Å². The lowest BCUT2D eigenvalue weighted by atomic mass is 10.0. The van der Waals surface area contributed by atoms with Crippen LogP contribution in [-0.2, 0) is 17.8 Å². The second kappa shape index (κ2) is 6.24. The van der Waals surface area contributed by atoms with Crippen molar-refractivity contribution in [2.24, 2.45) is 0 Å². The maximum absolute atomic E-state index is 11.4. The van der Waals surface area contributed by atoms with Gasteiger partial charge in [-0.25, -0.2) is 0 Å². The predicted octanol–water partition coefficient (Wildman–Crippen LogP) is 4.37. The molecule has 1 amide bonds. The van der Waals surface area contributed by atoms with Gasteiger partial charge in [-0.1, -0.05) is 12.2 Å². The van der Waals surface area contributed by atoms with Crippen molar-refractivity contribution in [1.29, 1.82) is 0 Å². The Labute approximate surface area is 143 Å². The lowest BCUT2D eigenvalue weighted by Gasteiger charge is -2.11. The maximum Gasteiger partial charge on any atom is 0.217 e. The second-order valence-corrected chi connectivity index (χ2v) is 6.80. The van der Waals surface area contributed by atoms with Gasteiger partial charge in [-0.3, -0.25) is 4.79 Å². The summed E-state index contributed by atoms with van der Waals surface area (Å²) in [5, 5.41) is 4.00. The lowest BCUT2D eigenvalue weighted by molar-refractivity contribution is -0.119. The van der Waals surface area contributed by atoms with Gasteiger partial charge in [0, 0.05) is 35.1 Å². The summed E-state index contributed by atoms with van der Waals surface area (Å²) in [6, 6.07) is 7.92. The fourth-order valence-corrected chi connectivity index (χ4v) is 3.88. The number of hydrogen-bond donors (Lipinski definition) is 1. The highest BCUT2D eigenvalue weighted by Crippen LogP contribution is 2.38. The summed E-state index contributed by atoms with van der Waals surface area (Å²) in [7, 11) is 0. The summed E-state index contributed by atoms with van der Waals surface area (Å²) in [6.45, 7) is 1.98. The van der Waals surface area contributed by atoms with Gasteiger partial charge in [0.05, 0.1) is 12.7 Å². The zero-order valence-electron chi connectivity index (χ0n) is 13.3. The van der Waals surface area contributed by atoms with Crippen LogP contribution in [0.15, 0.2) is 50.3 Å². The quantitative estimate of drug-likeness (QED) is 0.767. The molecular formula is C19H17NO3S. The van der Waals surface area contributed by atoms with Crippen LogP contribution in [0.25, 0.3) is 17.0 Å². The van der Waals surface area contributed by atoms with Gasteiger partial charge in [-0.15, -0.1) is 11.8 Å². The van der Waals surface area contributed by atoms with Crippen molar-refractivity contribution < 1.29 is 13.6 Å². The third-order valence-corrected chi connectivity index (χ3v) is 5.11. The number of amides is 1. The molecule has 0 atom stereocenters. The number of hydrogen-bond acceptors (Lipinski definition) is 4. The van der Waals surface area contributed by atoms with E-state index in [0.29, 0.717) is 13.0 Å². The van der Waals surface area contributed by atoms with E-state index in [0.717, 1.165) is 33.8 Å². The molecule has 1 aromatic carbocycles. The van der Waals surface area contributed by atoms with Gasteiger partial charge in [-0.2, -0.15) is 0 Å². The largest absolute Gasteiger partial charge is 0.469 e. The first-order valence-electron chi connectivity index (χ1n) is 7.86. The highest BCUT2D eigenvalue weighted by molar-refractivity contribution is 7.99. The van der Waals surface area contributed by atoms with Crippen molar-refractivity contribution >= 4 is 34.7 Å². The van der Waals surface area contributed by atoms with Crippen molar-refractivity contribution in [2.45, 2.75) is 24.8 Å². The summed E-state index contributed by atoms with van der Waals surface area (Å²) < 4.78 is 11.6. The zero-order chi connectivity index (χ0) is 16.5. The molecule has 3 heterocycles. The molecule has 1 aliphatic heterocycles. The van der Waals surface area contributed by atoms with Crippen LogP contribution in [-0.4, -0.2) is 11.7 Å². The lowest BCUT2D eigenvalue weighted by Crippen LogP contribution is -2.19. The molecule has 5 heteroatoms. The minimum Gasteiger partial charge on any atom is -0.469 e. The van der Waals surface area contributed by atoms with E-state index in [4.69, 9.17) is 8.83 Å². The molecule has 0 saturated carbocycles. The molecule has 4 nitrogen and oxygen atoms in total. The Morgan fingerprint density at radius 1 is 1.33 bits per heavy atom. The molecule has 2 aromatic heterocycles. The Hall–Kier alpha value is -2.40. The molecule has 1 N–H and O–H groups in total. The summed E-state index contributed by atoms with van der Waals surface area (Å²) in [5.41, 5.74) is 3.06. The summed E-state index contributed by atoms with van der Waals surface area (Å²) >= 11 is 1.82. The minimum atomic E-state index is -0.0528. The number of rotatable bonds is 4. The number of benzene rings is 1. The molecule has 1 aliphatic rings. The normalized spacial score (nSPS) is 13.2. The van der Waals surface area contributed by atoms with E-state index in [-0.39, 0.29) is 5.91 Å². The van der Waals surface area contributed by atoms with Crippen molar-refractivity contribution in [2.75, 3.05) is 5.75 Å². The minimum absolute atomic E-state index is 0.0528. The molecule has 0 radical (unpaired) electrons. The van der Waals surface area contributed by atoms with E-state index in [1.54, 1.807) is 6.26 Å². The highest BCUT2D eigenvalue weighted by Gasteiger charge is 2.20. The third kappa shape index (κ3) is 2.76. The average Bonchev–Trinajstić information content (AvgIpc) is 3.20. The van der Waals surface area contributed by atoms with Crippen LogP contribution >= 0.6 is 11.8 Å². The van der Waals surface area contributed by atoms with E-state index >= 15 is 0 Å². The number of nitrogens with one attached hydrogen (secondary N) is 1. The smallest absolute Gasteiger partial charge is 0.217 e. The fraction of sp³-hybridized carbons (Fsp3) is 0.211. The first-order valence-corrected chi connectivity index (χ1v) is 8.84. The maximum atomic E-state index is 11.4. The van der Waals surface area contributed by atoms with Crippen LogP contribution in [0.1, 0.15) is 29.6 Å². The first-order chi connectivity index (χ1) is 11.7. The molecule has 122 valence electrons. The number of thioether (sulfide) groups is 1. The number of fused-ring (bicyclic) bond motifs is 3. The van der Waals surface area contributed by atoms with Crippen molar-refractivity contribution in [3.05, 3.63) is 59.3 Å². The van der Waals surface area contributed by atoms with Gasteiger partial charge in [0.15, 0.2) is 0 Å². The molecule has 4 rings (SSSR count). The molecular weight excluding hydrogens is 322 g/mol. The van der Waals surface area contributed by atoms with Crippen molar-refractivity contribution in [1.82, 2.24) is 5.32 Å². The number of furan rings is 2. The fourth-order valence-electron chi connectivity index (χ4n) is 3.02. The standard InChI is InChI=1S/C19H17NO3S/c1-12(21)20-11-15-17(10-13-4-2-8-22-13)23-16-6-7-18-14(19(15)16)5-3-9-24-18/h2-8H,9-11H2,1H3,(H,20,21). The Kier molecular flexibility index (Phi) is 3.94. The predicted molar refractivity (Wildman–Crippen MR) is 95.0 cm³/mol. The Bertz CT molecular complexity index is 922. The van der Waals surface area contributed by atoms with Gasteiger partial charge in [0.1, 0.15) is 17.1 Å². The summed E-state index contributed by atoms with van der Waals surface area (Å²) in [4.78, 5) is 12.7. The van der Waals surface area contributed by atoms with Crippen LogP contribution < -0.4 is 5.32 Å². The van der Waals surface area contributed by atoms with Crippen LogP contribution in [0.4, 0.5) is 0 Å². The van der Waals surface area contributed by atoms with Gasteiger partial charge in [-0.05, 0) is 29.8 Å². The SMILES string of the molecule is CC(=O)NCc1c(Cc2ccco2)oc2ccc3c(c12)C=CCS3. The number of carbonyl (C=O) groups excluding carboxylic acids is 1. The van der Waals surface area contributed by atoms with Crippen LogP contribution in [0.2, 0.25) is 0 Å². The summed E-state index contributed by atoms with van der Waals surface area (Å²) in [5.74, 6) is 2.61. The van der Waals surface area contributed by atoms with Crippen molar-refractivity contribution in [3.63, 3.8) is 0 Å². The molecule has 0 unspecified atom stereocenters. The Morgan fingerprint density at radius 3 is 3.04 bits per heavy atom. The zero-order valence-corrected chi connectivity index (χ0v) is 14.1. The Morgan fingerprint density at radius 2 is 2.25 bits per heavy atom. The van der Waals surface area contributed by atoms with Gasteiger partial charge >= 0.3 is 0 Å². The van der Waals surface area contributed by atoms with Crippen LogP contribution in [0, 0.1) is 0 Å². The van der Waals surface area contributed by atoms with Crippen molar-refractivity contribution in [3.8, 4) is 0 Å². The molecule has 24 heavy (non-hydrogen) atoms. The van der Waals surface area contributed by atoms with E-state index in [2.05, 4.69) is 23.5 Å². The highest BCUT2D eigenvalue weighted by atomic mass is 32.2. The summed E-state index contributed by atoms with van der Waals surface area (Å²) in [6.07, 6.45) is 6.54. The topological polar surface area (TPSA) is 55.4 Å². The van der Waals surface area contributed by atoms with E-state index in [9.17, 15) is 4.79 Å². The molecule has 0 saturated heterocycles. The monoisotopic (exact) mass is 339 g/mol. The molecule has 0 aliphatic carbocycles. The second-order valence-electron chi connectivity index (χ2n) is 5.73. The first kappa shape index (κ1) is 15.1. The van der Waals surface area contributed by atoms with Gasteiger partial charge in [0.2, 0.25) is 5.91 Å². The third-order valence-electron chi connectivity index (χ3n) is 4.09. The van der Waals surface area contributed by atoms with E-state index in [1.807, 2.05) is 30.0 Å². The molecule has 3 aromatic rings. The van der Waals surface area contributed by atoms with E-state index < -0.39 is 0 Å². The molecule has 0 spiro atoms. The van der Waals surface area contributed by atoms with Crippen LogP contribution in [0.3, 0.4) is 0 Å². The van der Waals surface area contributed by atoms with Gasteiger partial charge < -0.3 is 14.2 Å².